The van der Waals surface area contributed by atoms with Gasteiger partial charge in [-0.25, -0.2) is 0 Å². The van der Waals surface area contributed by atoms with Gasteiger partial charge in [0.15, 0.2) is 5.01 Å². The molecule has 2 aliphatic rings. The molecule has 4 nitrogen and oxygen atoms in total. The van der Waals surface area contributed by atoms with E-state index >= 15 is 0 Å². The highest BCUT2D eigenvalue weighted by Gasteiger charge is 2.39. The van der Waals surface area contributed by atoms with Crippen LogP contribution in [0.3, 0.4) is 0 Å². The molecule has 2 fully saturated rings. The van der Waals surface area contributed by atoms with Crippen molar-refractivity contribution in [3.8, 4) is 15.8 Å². The van der Waals surface area contributed by atoms with E-state index in [0.717, 1.165) is 23.4 Å². The maximum atomic E-state index is 6.18. The van der Waals surface area contributed by atoms with Crippen molar-refractivity contribution in [1.29, 1.82) is 0 Å². The smallest absolute Gasteiger partial charge is 0.294 e. The van der Waals surface area contributed by atoms with Crippen molar-refractivity contribution >= 4 is 32.8 Å². The normalized spacial score (nSPS) is 27.0. The van der Waals surface area contributed by atoms with Crippen LogP contribution in [0.25, 0.3) is 20.7 Å². The monoisotopic (exact) mass is 357 g/mol. The minimum absolute atomic E-state index is 0.291. The molecule has 2 unspecified atom stereocenters. The Morgan fingerprint density at radius 2 is 1.96 bits per heavy atom. The van der Waals surface area contributed by atoms with Crippen LogP contribution in [-0.4, -0.2) is 40.3 Å². The van der Waals surface area contributed by atoms with Crippen LogP contribution in [-0.2, 0) is 0 Å². The number of hydrogen-bond acceptors (Lipinski definition) is 6. The van der Waals surface area contributed by atoms with E-state index in [9.17, 15) is 0 Å². The Balaban J connectivity index is 1.34. The number of aromatic nitrogens is 2. The lowest BCUT2D eigenvalue weighted by molar-refractivity contribution is 0.0655. The molecular formula is C18H19N3OS2. The van der Waals surface area contributed by atoms with Crippen molar-refractivity contribution in [3.05, 3.63) is 29.6 Å². The Morgan fingerprint density at radius 1 is 1.12 bits per heavy atom. The standard InChI is InChI=1S/C18H19N3OS2/c1-21-13-3-4-14(21)10-15(9-13)22-18-20-19-17(24-18)12-2-5-16-11(8-12)6-7-23-16/h2,5-8,13-15H,3-4,9-10H2,1H3. The topological polar surface area (TPSA) is 38.2 Å². The molecule has 0 aliphatic carbocycles. The Kier molecular flexibility index (Phi) is 3.57. The van der Waals surface area contributed by atoms with Gasteiger partial charge in [-0.2, -0.15) is 0 Å². The van der Waals surface area contributed by atoms with Crippen LogP contribution in [0.15, 0.2) is 29.6 Å². The number of piperidine rings is 1. The SMILES string of the molecule is CN1C2CCC1CC(Oc1nnc(-c3ccc4sccc4c3)s1)C2. The molecule has 0 radical (unpaired) electrons. The Hall–Kier alpha value is -1.50. The predicted molar refractivity (Wildman–Crippen MR) is 99.0 cm³/mol. The van der Waals surface area contributed by atoms with E-state index in [1.54, 1.807) is 22.7 Å². The second-order valence-electron chi connectivity index (χ2n) is 6.81. The molecule has 2 aromatic heterocycles. The Morgan fingerprint density at radius 3 is 2.79 bits per heavy atom. The van der Waals surface area contributed by atoms with E-state index in [2.05, 4.69) is 51.8 Å². The van der Waals surface area contributed by atoms with Gasteiger partial charge in [0.2, 0.25) is 0 Å². The van der Waals surface area contributed by atoms with Crippen LogP contribution in [0, 0.1) is 0 Å². The van der Waals surface area contributed by atoms with E-state index in [4.69, 9.17) is 4.74 Å². The zero-order valence-electron chi connectivity index (χ0n) is 13.5. The van der Waals surface area contributed by atoms with Gasteiger partial charge in [-0.3, -0.25) is 0 Å². The van der Waals surface area contributed by atoms with Gasteiger partial charge in [0, 0.05) is 22.3 Å². The highest BCUT2D eigenvalue weighted by Crippen LogP contribution is 2.37. The molecule has 5 rings (SSSR count). The molecule has 2 atom stereocenters. The quantitative estimate of drug-likeness (QED) is 0.695. The fraction of sp³-hybridized carbons (Fsp3) is 0.444. The van der Waals surface area contributed by atoms with Crippen molar-refractivity contribution < 1.29 is 4.74 Å². The molecular weight excluding hydrogens is 338 g/mol. The second kappa shape index (κ2) is 5.79. The minimum Gasteiger partial charge on any atom is -0.465 e. The van der Waals surface area contributed by atoms with E-state index in [1.165, 1.54) is 22.9 Å². The van der Waals surface area contributed by atoms with Gasteiger partial charge >= 0.3 is 0 Å². The maximum Gasteiger partial charge on any atom is 0.294 e. The van der Waals surface area contributed by atoms with E-state index in [-0.39, 0.29) is 0 Å². The number of hydrogen-bond donors (Lipinski definition) is 0. The lowest BCUT2D eigenvalue weighted by Crippen LogP contribution is -2.43. The summed E-state index contributed by atoms with van der Waals surface area (Å²) in [7, 11) is 2.25. The summed E-state index contributed by atoms with van der Waals surface area (Å²) >= 11 is 3.32. The first-order valence-electron chi connectivity index (χ1n) is 8.46. The van der Waals surface area contributed by atoms with Crippen LogP contribution in [0.4, 0.5) is 0 Å². The number of nitrogens with zero attached hydrogens (tertiary/aromatic N) is 3. The maximum absolute atomic E-state index is 6.18. The fourth-order valence-electron chi connectivity index (χ4n) is 4.07. The molecule has 2 bridgehead atoms. The van der Waals surface area contributed by atoms with Crippen LogP contribution in [0.1, 0.15) is 25.7 Å². The van der Waals surface area contributed by atoms with Gasteiger partial charge in [-0.05, 0) is 61.7 Å². The minimum atomic E-state index is 0.291. The summed E-state index contributed by atoms with van der Waals surface area (Å²) < 4.78 is 7.49. The summed E-state index contributed by atoms with van der Waals surface area (Å²) in [6.07, 6.45) is 5.14. The van der Waals surface area contributed by atoms with Crippen LogP contribution >= 0.6 is 22.7 Å². The van der Waals surface area contributed by atoms with Crippen molar-refractivity contribution in [2.75, 3.05) is 7.05 Å². The number of ether oxygens (including phenoxy) is 1. The molecule has 3 aromatic rings. The van der Waals surface area contributed by atoms with Gasteiger partial charge in [0.25, 0.3) is 5.19 Å². The summed E-state index contributed by atoms with van der Waals surface area (Å²) in [5.74, 6) is 0. The van der Waals surface area contributed by atoms with Crippen molar-refractivity contribution in [2.45, 2.75) is 43.9 Å². The average Bonchev–Trinajstić information content (AvgIpc) is 3.27. The molecule has 124 valence electrons. The number of thiophene rings is 1. The lowest BCUT2D eigenvalue weighted by atomic mass is 10.0. The number of fused-ring (bicyclic) bond motifs is 3. The molecule has 0 amide bonds. The van der Waals surface area contributed by atoms with Crippen molar-refractivity contribution in [3.63, 3.8) is 0 Å². The van der Waals surface area contributed by atoms with Gasteiger partial charge in [0.1, 0.15) is 6.10 Å². The third-order valence-electron chi connectivity index (χ3n) is 5.43. The highest BCUT2D eigenvalue weighted by molar-refractivity contribution is 7.17. The summed E-state index contributed by atoms with van der Waals surface area (Å²) in [6, 6.07) is 9.98. The number of benzene rings is 1. The van der Waals surface area contributed by atoms with Gasteiger partial charge in [0.05, 0.1) is 0 Å². The highest BCUT2D eigenvalue weighted by atomic mass is 32.1. The largest absolute Gasteiger partial charge is 0.465 e. The third kappa shape index (κ3) is 2.53. The molecule has 0 spiro atoms. The van der Waals surface area contributed by atoms with Crippen molar-refractivity contribution in [2.24, 2.45) is 0 Å². The molecule has 4 heterocycles. The molecule has 6 heteroatoms. The zero-order chi connectivity index (χ0) is 16.1. The summed E-state index contributed by atoms with van der Waals surface area (Å²) in [5.41, 5.74) is 1.12. The predicted octanol–water partition coefficient (Wildman–Crippen LogP) is 4.42. The van der Waals surface area contributed by atoms with E-state index in [1.807, 2.05) is 0 Å². The molecule has 2 aliphatic heterocycles. The van der Waals surface area contributed by atoms with Crippen LogP contribution in [0.5, 0.6) is 5.19 Å². The van der Waals surface area contributed by atoms with Gasteiger partial charge in [-0.1, -0.05) is 22.5 Å². The molecule has 2 saturated heterocycles. The fourth-order valence-corrected chi connectivity index (χ4v) is 5.60. The van der Waals surface area contributed by atoms with Crippen LogP contribution in [0.2, 0.25) is 0 Å². The summed E-state index contributed by atoms with van der Waals surface area (Å²) in [5, 5.41) is 13.7. The van der Waals surface area contributed by atoms with E-state index < -0.39 is 0 Å². The second-order valence-corrected chi connectivity index (χ2v) is 8.70. The van der Waals surface area contributed by atoms with Gasteiger partial charge < -0.3 is 9.64 Å². The van der Waals surface area contributed by atoms with E-state index in [0.29, 0.717) is 23.4 Å². The lowest BCUT2D eigenvalue weighted by Gasteiger charge is -2.35. The zero-order valence-corrected chi connectivity index (χ0v) is 15.1. The van der Waals surface area contributed by atoms with Gasteiger partial charge in [-0.15, -0.1) is 16.4 Å². The van der Waals surface area contributed by atoms with Crippen molar-refractivity contribution in [1.82, 2.24) is 15.1 Å². The summed E-state index contributed by atoms with van der Waals surface area (Å²) in [4.78, 5) is 2.53. The average molecular weight is 358 g/mol. The Bertz CT molecular complexity index is 860. The molecule has 24 heavy (non-hydrogen) atoms. The molecule has 0 saturated carbocycles. The first kappa shape index (κ1) is 14.8. The summed E-state index contributed by atoms with van der Waals surface area (Å²) in [6.45, 7) is 0. The Labute approximate surface area is 149 Å². The van der Waals surface area contributed by atoms with Crippen LogP contribution < -0.4 is 4.74 Å². The third-order valence-corrected chi connectivity index (χ3v) is 7.19. The molecule has 1 aromatic carbocycles. The number of rotatable bonds is 3. The first-order chi connectivity index (χ1) is 11.8. The molecule has 0 N–H and O–H groups in total. The first-order valence-corrected chi connectivity index (χ1v) is 10.2.